The zero-order valence-electron chi connectivity index (χ0n) is 11.8. The summed E-state index contributed by atoms with van der Waals surface area (Å²) in [5, 5.41) is 0.711. The van der Waals surface area contributed by atoms with E-state index in [2.05, 4.69) is 12.1 Å². The van der Waals surface area contributed by atoms with E-state index in [0.29, 0.717) is 11.4 Å². The van der Waals surface area contributed by atoms with Gasteiger partial charge in [-0.05, 0) is 24.8 Å². The number of nitrogens with zero attached hydrogens (tertiary/aromatic N) is 1. The summed E-state index contributed by atoms with van der Waals surface area (Å²) in [7, 11) is 0. The Morgan fingerprint density at radius 3 is 2.32 bits per heavy atom. The molecule has 0 bridgehead atoms. The zero-order valence-corrected chi connectivity index (χ0v) is 11.8. The molecule has 1 rings (SSSR count). The van der Waals surface area contributed by atoms with E-state index in [-0.39, 0.29) is 5.91 Å². The molecule has 2 amide bonds. The molecule has 0 aliphatic heterocycles. The Morgan fingerprint density at radius 2 is 1.79 bits per heavy atom. The van der Waals surface area contributed by atoms with Gasteiger partial charge in [-0.1, -0.05) is 44.2 Å². The van der Waals surface area contributed by atoms with Gasteiger partial charge in [0, 0.05) is 12.3 Å². The molecule has 0 heterocycles. The van der Waals surface area contributed by atoms with Gasteiger partial charge in [-0.15, -0.1) is 0 Å². The van der Waals surface area contributed by atoms with Crippen LogP contribution in [0, 0.1) is 5.41 Å². The van der Waals surface area contributed by atoms with Crippen molar-refractivity contribution in [3.63, 3.8) is 0 Å². The summed E-state index contributed by atoms with van der Waals surface area (Å²) in [5.41, 5.74) is 0.636. The lowest BCUT2D eigenvalue weighted by Crippen LogP contribution is -2.47. The van der Waals surface area contributed by atoms with Gasteiger partial charge in [0.1, 0.15) is 0 Å². The molecule has 104 valence electrons. The highest BCUT2D eigenvalue weighted by molar-refractivity contribution is 5.96. The summed E-state index contributed by atoms with van der Waals surface area (Å²) in [6.07, 6.45) is 2.50. The summed E-state index contributed by atoms with van der Waals surface area (Å²) < 4.78 is 0. The number of hydrazine groups is 1. The maximum Gasteiger partial charge on any atom is 0.249 e. The third-order valence-electron chi connectivity index (χ3n) is 3.25. The minimum atomic E-state index is -0.616. The number of carbonyl (C=O) groups excluding carboxylic acids is 2. The minimum absolute atomic E-state index is 0.326. The van der Waals surface area contributed by atoms with Crippen LogP contribution in [-0.2, 0) is 16.0 Å². The number of carbonyl (C=O) groups is 2. The topological polar surface area (TPSA) is 63.4 Å². The van der Waals surface area contributed by atoms with Crippen molar-refractivity contribution in [3.05, 3.63) is 35.9 Å². The van der Waals surface area contributed by atoms with Gasteiger partial charge >= 0.3 is 0 Å². The lowest BCUT2D eigenvalue weighted by atomic mass is 9.85. The minimum Gasteiger partial charge on any atom is -0.273 e. The summed E-state index contributed by atoms with van der Waals surface area (Å²) in [6.45, 7) is 4.93. The molecule has 0 aromatic heterocycles. The Bertz CT molecular complexity index is 441. The van der Waals surface area contributed by atoms with E-state index in [1.807, 2.05) is 32.0 Å². The smallest absolute Gasteiger partial charge is 0.249 e. The number of rotatable bonds is 5. The summed E-state index contributed by atoms with van der Waals surface area (Å²) in [6, 6.07) is 10.1. The molecule has 19 heavy (non-hydrogen) atoms. The van der Waals surface area contributed by atoms with E-state index in [1.165, 1.54) is 12.5 Å². The summed E-state index contributed by atoms with van der Waals surface area (Å²) in [4.78, 5) is 23.1. The Morgan fingerprint density at radius 1 is 1.21 bits per heavy atom. The molecule has 1 aromatic rings. The van der Waals surface area contributed by atoms with Crippen molar-refractivity contribution in [1.82, 2.24) is 5.01 Å². The van der Waals surface area contributed by atoms with Crippen molar-refractivity contribution in [2.45, 2.75) is 40.0 Å². The number of aryl methyl sites for hydroxylation is 1. The Labute approximate surface area is 114 Å². The van der Waals surface area contributed by atoms with Gasteiger partial charge in [-0.3, -0.25) is 9.59 Å². The molecule has 0 spiro atoms. The SMILES string of the molecule is CC(=O)N(N)C(=O)C(C)(C)CCCc1ccccc1. The molecule has 0 aliphatic rings. The van der Waals surface area contributed by atoms with Crippen LogP contribution in [0.3, 0.4) is 0 Å². The Hall–Kier alpha value is -1.68. The van der Waals surface area contributed by atoms with E-state index in [9.17, 15) is 9.59 Å². The maximum atomic E-state index is 12.0. The Balaban J connectivity index is 2.51. The molecule has 0 saturated carbocycles. The standard InChI is InChI=1S/C15H22N2O2/c1-12(18)17(16)14(19)15(2,3)11-7-10-13-8-5-4-6-9-13/h4-6,8-9H,7,10-11,16H2,1-3H3. The molecule has 4 heteroatoms. The molecule has 4 nitrogen and oxygen atoms in total. The van der Waals surface area contributed by atoms with Crippen molar-refractivity contribution >= 4 is 11.8 Å². The average molecular weight is 262 g/mol. The summed E-state index contributed by atoms with van der Waals surface area (Å²) >= 11 is 0. The fraction of sp³-hybridized carbons (Fsp3) is 0.467. The molecule has 0 unspecified atom stereocenters. The monoisotopic (exact) mass is 262 g/mol. The lowest BCUT2D eigenvalue weighted by molar-refractivity contribution is -0.150. The van der Waals surface area contributed by atoms with Crippen LogP contribution in [0.5, 0.6) is 0 Å². The third-order valence-corrected chi connectivity index (χ3v) is 3.25. The molecule has 0 aliphatic carbocycles. The number of hydrogen-bond donors (Lipinski definition) is 1. The van der Waals surface area contributed by atoms with Crippen LogP contribution in [-0.4, -0.2) is 16.8 Å². The third kappa shape index (κ3) is 4.48. The first-order valence-corrected chi connectivity index (χ1v) is 6.48. The van der Waals surface area contributed by atoms with Crippen molar-refractivity contribution in [2.75, 3.05) is 0 Å². The van der Waals surface area contributed by atoms with E-state index in [1.54, 1.807) is 0 Å². The highest BCUT2D eigenvalue weighted by Crippen LogP contribution is 2.25. The van der Waals surface area contributed by atoms with Crippen molar-refractivity contribution < 1.29 is 9.59 Å². The van der Waals surface area contributed by atoms with Crippen molar-refractivity contribution in [3.8, 4) is 0 Å². The Kier molecular flexibility index (Phi) is 5.24. The number of nitrogens with two attached hydrogens (primary N) is 1. The number of imide groups is 1. The molecular weight excluding hydrogens is 240 g/mol. The molecular formula is C15H22N2O2. The zero-order chi connectivity index (χ0) is 14.5. The predicted molar refractivity (Wildman–Crippen MR) is 74.9 cm³/mol. The molecule has 1 aromatic carbocycles. The largest absolute Gasteiger partial charge is 0.273 e. The van der Waals surface area contributed by atoms with Crippen LogP contribution < -0.4 is 5.84 Å². The van der Waals surface area contributed by atoms with Gasteiger partial charge in [0.05, 0.1) is 0 Å². The van der Waals surface area contributed by atoms with E-state index in [0.717, 1.165) is 12.8 Å². The van der Waals surface area contributed by atoms with Crippen molar-refractivity contribution in [2.24, 2.45) is 11.3 Å². The van der Waals surface area contributed by atoms with Gasteiger partial charge in [0.2, 0.25) is 11.8 Å². The van der Waals surface area contributed by atoms with Crippen molar-refractivity contribution in [1.29, 1.82) is 0 Å². The highest BCUT2D eigenvalue weighted by atomic mass is 16.2. The fourth-order valence-electron chi connectivity index (χ4n) is 1.96. The lowest BCUT2D eigenvalue weighted by Gasteiger charge is -2.27. The predicted octanol–water partition coefficient (Wildman–Crippen LogP) is 2.28. The second-order valence-electron chi connectivity index (χ2n) is 5.42. The fourth-order valence-corrected chi connectivity index (χ4v) is 1.96. The van der Waals surface area contributed by atoms with Crippen LogP contribution in [0.25, 0.3) is 0 Å². The first-order chi connectivity index (χ1) is 8.84. The molecule has 0 saturated heterocycles. The van der Waals surface area contributed by atoms with Gasteiger partial charge in [0.25, 0.3) is 0 Å². The second kappa shape index (κ2) is 6.48. The van der Waals surface area contributed by atoms with Gasteiger partial charge in [-0.2, -0.15) is 0 Å². The highest BCUT2D eigenvalue weighted by Gasteiger charge is 2.32. The van der Waals surface area contributed by atoms with E-state index < -0.39 is 11.3 Å². The van der Waals surface area contributed by atoms with Gasteiger partial charge < -0.3 is 0 Å². The first kappa shape index (κ1) is 15.4. The number of benzene rings is 1. The second-order valence-corrected chi connectivity index (χ2v) is 5.42. The number of amides is 2. The van der Waals surface area contributed by atoms with Crippen LogP contribution in [0.2, 0.25) is 0 Å². The molecule has 0 atom stereocenters. The molecule has 0 radical (unpaired) electrons. The van der Waals surface area contributed by atoms with Crippen LogP contribution in [0.4, 0.5) is 0 Å². The summed E-state index contributed by atoms with van der Waals surface area (Å²) in [5.74, 6) is 4.71. The van der Waals surface area contributed by atoms with Crippen LogP contribution >= 0.6 is 0 Å². The quantitative estimate of drug-likeness (QED) is 0.503. The van der Waals surface area contributed by atoms with Gasteiger partial charge in [-0.25, -0.2) is 10.9 Å². The van der Waals surface area contributed by atoms with E-state index >= 15 is 0 Å². The number of hydrogen-bond acceptors (Lipinski definition) is 3. The van der Waals surface area contributed by atoms with Gasteiger partial charge in [0.15, 0.2) is 0 Å². The normalized spacial score (nSPS) is 11.2. The maximum absolute atomic E-state index is 12.0. The molecule has 0 fully saturated rings. The van der Waals surface area contributed by atoms with E-state index in [4.69, 9.17) is 5.84 Å². The molecule has 2 N–H and O–H groups in total. The first-order valence-electron chi connectivity index (χ1n) is 6.48. The van der Waals surface area contributed by atoms with Crippen LogP contribution in [0.1, 0.15) is 39.2 Å². The van der Waals surface area contributed by atoms with Crippen LogP contribution in [0.15, 0.2) is 30.3 Å². The average Bonchev–Trinajstić information content (AvgIpc) is 2.37.